The van der Waals surface area contributed by atoms with Crippen LogP contribution in [0.25, 0.3) is 21.3 Å². The predicted octanol–water partition coefficient (Wildman–Crippen LogP) is 4.57. The van der Waals surface area contributed by atoms with Crippen molar-refractivity contribution in [1.82, 2.24) is 9.97 Å². The summed E-state index contributed by atoms with van der Waals surface area (Å²) < 4.78 is 0. The Morgan fingerprint density at radius 3 is 2.72 bits per heavy atom. The zero-order valence-corrected chi connectivity index (χ0v) is 11.4. The molecule has 0 aliphatic carbocycles. The molecule has 0 saturated carbocycles. The Labute approximate surface area is 114 Å². The van der Waals surface area contributed by atoms with E-state index in [0.717, 1.165) is 16.6 Å². The van der Waals surface area contributed by atoms with E-state index in [1.807, 2.05) is 0 Å². The molecule has 0 fully saturated rings. The molecular formula is C14H11ClN2S. The number of rotatable bonds is 2. The Balaban J connectivity index is 2.13. The molecule has 90 valence electrons. The topological polar surface area (TPSA) is 25.8 Å². The molecule has 0 aliphatic rings. The van der Waals surface area contributed by atoms with Crippen LogP contribution in [0.2, 0.25) is 5.28 Å². The number of fused-ring (bicyclic) bond motifs is 1. The van der Waals surface area contributed by atoms with E-state index < -0.39 is 0 Å². The Morgan fingerprint density at radius 2 is 2.00 bits per heavy atom. The molecule has 0 amide bonds. The molecule has 4 heteroatoms. The third-order valence-corrected chi connectivity index (χ3v) is 4.05. The third-order valence-electron chi connectivity index (χ3n) is 2.98. The standard InChI is InChI=1S/C14H11ClN2S/c1-2-9-3-5-10(6-4-9)12-8-18-13-11(12)7-16-14(15)17-13/h3-8H,2H2,1H3. The Kier molecular flexibility index (Phi) is 3.02. The highest BCUT2D eigenvalue weighted by atomic mass is 35.5. The van der Waals surface area contributed by atoms with Crippen molar-refractivity contribution < 1.29 is 0 Å². The summed E-state index contributed by atoms with van der Waals surface area (Å²) in [5.41, 5.74) is 3.72. The molecule has 0 saturated heterocycles. The van der Waals surface area contributed by atoms with Crippen molar-refractivity contribution in [3.05, 3.63) is 46.7 Å². The smallest absolute Gasteiger partial charge is 0.223 e. The molecule has 0 N–H and O–H groups in total. The first-order valence-electron chi connectivity index (χ1n) is 5.77. The van der Waals surface area contributed by atoms with Crippen molar-refractivity contribution in [3.63, 3.8) is 0 Å². The van der Waals surface area contributed by atoms with Gasteiger partial charge in [-0.1, -0.05) is 31.2 Å². The van der Waals surface area contributed by atoms with Crippen LogP contribution >= 0.6 is 22.9 Å². The van der Waals surface area contributed by atoms with Crippen LogP contribution in [0.3, 0.4) is 0 Å². The second-order valence-corrected chi connectivity index (χ2v) is 5.25. The van der Waals surface area contributed by atoms with E-state index in [-0.39, 0.29) is 0 Å². The minimum absolute atomic E-state index is 0.303. The number of aromatic nitrogens is 2. The lowest BCUT2D eigenvalue weighted by atomic mass is 10.0. The molecule has 2 nitrogen and oxygen atoms in total. The molecule has 0 aliphatic heterocycles. The Hall–Kier alpha value is -1.45. The molecule has 1 aromatic carbocycles. The molecule has 18 heavy (non-hydrogen) atoms. The molecule has 3 rings (SSSR count). The van der Waals surface area contributed by atoms with Gasteiger partial charge in [-0.05, 0) is 29.1 Å². The largest absolute Gasteiger partial charge is 0.226 e. The van der Waals surface area contributed by atoms with Crippen LogP contribution in [-0.2, 0) is 6.42 Å². The maximum atomic E-state index is 5.80. The highest BCUT2D eigenvalue weighted by molar-refractivity contribution is 7.17. The van der Waals surface area contributed by atoms with Crippen molar-refractivity contribution in [1.29, 1.82) is 0 Å². The van der Waals surface area contributed by atoms with Gasteiger partial charge >= 0.3 is 0 Å². The number of aryl methyl sites for hydroxylation is 1. The number of benzene rings is 1. The quantitative estimate of drug-likeness (QED) is 0.640. The van der Waals surface area contributed by atoms with Crippen molar-refractivity contribution in [2.24, 2.45) is 0 Å². The van der Waals surface area contributed by atoms with Crippen LogP contribution in [0.1, 0.15) is 12.5 Å². The van der Waals surface area contributed by atoms with E-state index in [1.54, 1.807) is 17.5 Å². The van der Waals surface area contributed by atoms with Gasteiger partial charge in [0.05, 0.1) is 0 Å². The van der Waals surface area contributed by atoms with Crippen LogP contribution in [0.5, 0.6) is 0 Å². The summed E-state index contributed by atoms with van der Waals surface area (Å²) >= 11 is 7.40. The summed E-state index contributed by atoms with van der Waals surface area (Å²) in [6, 6.07) is 8.62. The van der Waals surface area contributed by atoms with Crippen molar-refractivity contribution >= 4 is 33.2 Å². The van der Waals surface area contributed by atoms with Crippen LogP contribution in [0.4, 0.5) is 0 Å². The lowest BCUT2D eigenvalue weighted by molar-refractivity contribution is 1.14. The molecule has 3 aromatic rings. The second-order valence-electron chi connectivity index (χ2n) is 4.06. The highest BCUT2D eigenvalue weighted by Gasteiger charge is 2.08. The third kappa shape index (κ3) is 2.00. The fraction of sp³-hybridized carbons (Fsp3) is 0.143. The van der Waals surface area contributed by atoms with Gasteiger partial charge in [-0.25, -0.2) is 9.97 Å². The summed E-state index contributed by atoms with van der Waals surface area (Å²) in [7, 11) is 0. The molecule has 0 radical (unpaired) electrons. The van der Waals surface area contributed by atoms with Gasteiger partial charge in [0.1, 0.15) is 4.83 Å². The maximum absolute atomic E-state index is 5.80. The first kappa shape index (κ1) is 11.6. The number of hydrogen-bond acceptors (Lipinski definition) is 3. The predicted molar refractivity (Wildman–Crippen MR) is 77.2 cm³/mol. The van der Waals surface area contributed by atoms with Crippen LogP contribution in [-0.4, -0.2) is 9.97 Å². The summed E-state index contributed by atoms with van der Waals surface area (Å²) in [5, 5.41) is 3.47. The molecule has 2 heterocycles. The van der Waals surface area contributed by atoms with Crippen LogP contribution in [0.15, 0.2) is 35.8 Å². The summed E-state index contributed by atoms with van der Waals surface area (Å²) in [5.74, 6) is 0. The van der Waals surface area contributed by atoms with Gasteiger partial charge in [0, 0.05) is 22.5 Å². The Morgan fingerprint density at radius 1 is 1.22 bits per heavy atom. The highest BCUT2D eigenvalue weighted by Crippen LogP contribution is 2.33. The molecular weight excluding hydrogens is 264 g/mol. The summed E-state index contributed by atoms with van der Waals surface area (Å²) in [6.07, 6.45) is 2.85. The van der Waals surface area contributed by atoms with Gasteiger partial charge in [0.2, 0.25) is 5.28 Å². The van der Waals surface area contributed by atoms with Gasteiger partial charge in [0.25, 0.3) is 0 Å². The normalized spacial score (nSPS) is 11.0. The van der Waals surface area contributed by atoms with Crippen LogP contribution < -0.4 is 0 Å². The number of halogens is 1. The van der Waals surface area contributed by atoms with Gasteiger partial charge in [-0.15, -0.1) is 11.3 Å². The first-order valence-corrected chi connectivity index (χ1v) is 7.02. The number of hydrogen-bond donors (Lipinski definition) is 0. The number of thiophene rings is 1. The van der Waals surface area contributed by atoms with Gasteiger partial charge in [-0.3, -0.25) is 0 Å². The molecule has 0 bridgehead atoms. The van der Waals surface area contributed by atoms with E-state index in [4.69, 9.17) is 11.6 Å². The summed E-state index contributed by atoms with van der Waals surface area (Å²) in [4.78, 5) is 9.22. The van der Waals surface area contributed by atoms with Gasteiger partial charge in [0.15, 0.2) is 0 Å². The minimum Gasteiger partial charge on any atom is -0.226 e. The van der Waals surface area contributed by atoms with Gasteiger partial charge in [-0.2, -0.15) is 0 Å². The molecule has 0 spiro atoms. The molecule has 2 aromatic heterocycles. The molecule has 0 unspecified atom stereocenters. The molecule has 0 atom stereocenters. The minimum atomic E-state index is 0.303. The second kappa shape index (κ2) is 4.67. The fourth-order valence-corrected chi connectivity index (χ4v) is 3.05. The van der Waals surface area contributed by atoms with Crippen molar-refractivity contribution in [2.45, 2.75) is 13.3 Å². The lowest BCUT2D eigenvalue weighted by Gasteiger charge is -2.01. The van der Waals surface area contributed by atoms with E-state index in [9.17, 15) is 0 Å². The van der Waals surface area contributed by atoms with E-state index >= 15 is 0 Å². The lowest BCUT2D eigenvalue weighted by Crippen LogP contribution is -1.83. The average Bonchev–Trinajstić information content (AvgIpc) is 2.81. The average molecular weight is 275 g/mol. The van der Waals surface area contributed by atoms with Crippen molar-refractivity contribution in [3.8, 4) is 11.1 Å². The zero-order chi connectivity index (χ0) is 12.5. The van der Waals surface area contributed by atoms with Crippen molar-refractivity contribution in [2.75, 3.05) is 0 Å². The summed E-state index contributed by atoms with van der Waals surface area (Å²) in [6.45, 7) is 2.16. The van der Waals surface area contributed by atoms with E-state index in [2.05, 4.69) is 46.5 Å². The Bertz CT molecular complexity index is 689. The van der Waals surface area contributed by atoms with E-state index in [0.29, 0.717) is 5.28 Å². The zero-order valence-electron chi connectivity index (χ0n) is 9.85. The van der Waals surface area contributed by atoms with Gasteiger partial charge < -0.3 is 0 Å². The van der Waals surface area contributed by atoms with E-state index in [1.165, 1.54) is 16.7 Å². The fourth-order valence-electron chi connectivity index (χ4n) is 1.94. The number of nitrogens with zero attached hydrogens (tertiary/aromatic N) is 2. The SMILES string of the molecule is CCc1ccc(-c2csc3nc(Cl)ncc23)cc1. The first-order chi connectivity index (χ1) is 8.78. The van der Waals surface area contributed by atoms with Crippen LogP contribution in [0, 0.1) is 0 Å². The maximum Gasteiger partial charge on any atom is 0.223 e. The monoisotopic (exact) mass is 274 g/mol.